The van der Waals surface area contributed by atoms with Crippen molar-refractivity contribution in [3.63, 3.8) is 0 Å². The Morgan fingerprint density at radius 2 is 1.82 bits per heavy atom. The lowest BCUT2D eigenvalue weighted by Crippen LogP contribution is -2.35. The van der Waals surface area contributed by atoms with E-state index in [0.717, 1.165) is 5.56 Å². The molecular weight excluding hydrogens is 231 g/mol. The van der Waals surface area contributed by atoms with Gasteiger partial charge in [-0.2, -0.15) is 13.2 Å². The Kier molecular flexibility index (Phi) is 4.81. The Bertz CT molecular complexity index is 335. The van der Waals surface area contributed by atoms with E-state index in [4.69, 9.17) is 5.11 Å². The standard InChI is InChI=1S/C12H16F3NO/c1-2-16-10(8-12(13,14)15)7-9-3-5-11(17)6-4-9/h3-6,10,16-17H,2,7-8H2,1H3. The molecule has 0 bridgehead atoms. The lowest BCUT2D eigenvalue weighted by atomic mass is 10.0. The minimum atomic E-state index is -4.16. The lowest BCUT2D eigenvalue weighted by Gasteiger charge is -2.19. The van der Waals surface area contributed by atoms with Crippen LogP contribution in [0.25, 0.3) is 0 Å². The molecule has 0 fully saturated rings. The molecule has 1 aromatic carbocycles. The maximum Gasteiger partial charge on any atom is 0.390 e. The van der Waals surface area contributed by atoms with E-state index in [0.29, 0.717) is 13.0 Å². The predicted octanol–water partition coefficient (Wildman–Crippen LogP) is 2.87. The first kappa shape index (κ1) is 13.8. The van der Waals surface area contributed by atoms with Crippen molar-refractivity contribution < 1.29 is 18.3 Å². The van der Waals surface area contributed by atoms with Crippen LogP contribution in [0.5, 0.6) is 5.75 Å². The second-order valence-electron chi connectivity index (χ2n) is 3.94. The van der Waals surface area contributed by atoms with Crippen LogP contribution in [0.2, 0.25) is 0 Å². The fourth-order valence-electron chi connectivity index (χ4n) is 1.70. The fourth-order valence-corrected chi connectivity index (χ4v) is 1.70. The van der Waals surface area contributed by atoms with Crippen LogP contribution in [0, 0.1) is 0 Å². The zero-order chi connectivity index (χ0) is 12.9. The van der Waals surface area contributed by atoms with Crippen LogP contribution in [-0.2, 0) is 6.42 Å². The van der Waals surface area contributed by atoms with E-state index in [1.165, 1.54) is 12.1 Å². The van der Waals surface area contributed by atoms with Crippen LogP contribution < -0.4 is 5.32 Å². The van der Waals surface area contributed by atoms with Crippen molar-refractivity contribution >= 4 is 0 Å². The van der Waals surface area contributed by atoms with Crippen molar-refractivity contribution in [1.82, 2.24) is 5.32 Å². The van der Waals surface area contributed by atoms with Gasteiger partial charge < -0.3 is 10.4 Å². The summed E-state index contributed by atoms with van der Waals surface area (Å²) in [5.74, 6) is 0.115. The molecule has 1 unspecified atom stereocenters. The minimum Gasteiger partial charge on any atom is -0.508 e. The van der Waals surface area contributed by atoms with Crippen LogP contribution in [0.15, 0.2) is 24.3 Å². The molecule has 0 aliphatic carbocycles. The second kappa shape index (κ2) is 5.91. The van der Waals surface area contributed by atoms with Gasteiger partial charge in [0.25, 0.3) is 0 Å². The third kappa shape index (κ3) is 5.58. The Hall–Kier alpha value is -1.23. The number of hydrogen-bond acceptors (Lipinski definition) is 2. The van der Waals surface area contributed by atoms with E-state index >= 15 is 0 Å². The van der Waals surface area contributed by atoms with E-state index in [-0.39, 0.29) is 5.75 Å². The average Bonchev–Trinajstić information content (AvgIpc) is 2.19. The highest BCUT2D eigenvalue weighted by Crippen LogP contribution is 2.23. The Balaban J connectivity index is 2.63. The molecule has 1 atom stereocenters. The molecule has 0 heterocycles. The summed E-state index contributed by atoms with van der Waals surface area (Å²) in [6.07, 6.45) is -4.71. The van der Waals surface area contributed by atoms with Crippen LogP contribution in [0.3, 0.4) is 0 Å². The number of alkyl halides is 3. The molecule has 0 spiro atoms. The van der Waals surface area contributed by atoms with Crippen molar-refractivity contribution in [2.45, 2.75) is 32.0 Å². The summed E-state index contributed by atoms with van der Waals surface area (Å²) >= 11 is 0. The van der Waals surface area contributed by atoms with Gasteiger partial charge in [0.2, 0.25) is 0 Å². The number of halogens is 3. The van der Waals surface area contributed by atoms with Gasteiger partial charge in [0.05, 0.1) is 6.42 Å². The molecule has 0 aliphatic heterocycles. The van der Waals surface area contributed by atoms with E-state index in [2.05, 4.69) is 5.32 Å². The van der Waals surface area contributed by atoms with Gasteiger partial charge in [0.15, 0.2) is 0 Å². The number of rotatable bonds is 5. The van der Waals surface area contributed by atoms with Gasteiger partial charge in [-0.15, -0.1) is 0 Å². The summed E-state index contributed by atoms with van der Waals surface area (Å²) in [6.45, 7) is 2.28. The third-order valence-electron chi connectivity index (χ3n) is 2.39. The highest BCUT2D eigenvalue weighted by atomic mass is 19.4. The summed E-state index contributed by atoms with van der Waals surface area (Å²) in [6, 6.07) is 5.61. The van der Waals surface area contributed by atoms with Crippen LogP contribution >= 0.6 is 0 Å². The maximum atomic E-state index is 12.3. The average molecular weight is 247 g/mol. The van der Waals surface area contributed by atoms with Crippen LogP contribution in [0.4, 0.5) is 13.2 Å². The molecule has 1 aromatic rings. The SMILES string of the molecule is CCNC(Cc1ccc(O)cc1)CC(F)(F)F. The van der Waals surface area contributed by atoms with Gasteiger partial charge >= 0.3 is 6.18 Å². The molecule has 0 aliphatic rings. The lowest BCUT2D eigenvalue weighted by molar-refractivity contribution is -0.139. The van der Waals surface area contributed by atoms with Crippen LogP contribution in [0.1, 0.15) is 18.9 Å². The summed E-state index contributed by atoms with van der Waals surface area (Å²) in [5, 5.41) is 11.9. The molecule has 0 saturated heterocycles. The molecule has 2 nitrogen and oxygen atoms in total. The molecule has 2 N–H and O–H groups in total. The van der Waals surface area contributed by atoms with Gasteiger partial charge in [-0.1, -0.05) is 19.1 Å². The van der Waals surface area contributed by atoms with Crippen molar-refractivity contribution in [2.24, 2.45) is 0 Å². The second-order valence-corrected chi connectivity index (χ2v) is 3.94. The van der Waals surface area contributed by atoms with Gasteiger partial charge in [-0.3, -0.25) is 0 Å². The van der Waals surface area contributed by atoms with E-state index in [9.17, 15) is 13.2 Å². The summed E-state index contributed by atoms with van der Waals surface area (Å²) in [4.78, 5) is 0. The Morgan fingerprint density at radius 1 is 1.24 bits per heavy atom. The molecular formula is C12H16F3NO. The quantitative estimate of drug-likeness (QED) is 0.838. The zero-order valence-corrected chi connectivity index (χ0v) is 9.59. The molecule has 5 heteroatoms. The monoisotopic (exact) mass is 247 g/mol. The molecule has 0 saturated carbocycles. The molecule has 0 aromatic heterocycles. The highest BCUT2D eigenvalue weighted by Gasteiger charge is 2.31. The number of benzene rings is 1. The fraction of sp³-hybridized carbons (Fsp3) is 0.500. The van der Waals surface area contributed by atoms with Crippen molar-refractivity contribution in [3.8, 4) is 5.75 Å². The topological polar surface area (TPSA) is 32.3 Å². The summed E-state index contributed by atoms with van der Waals surface area (Å²) in [7, 11) is 0. The first-order valence-corrected chi connectivity index (χ1v) is 5.48. The van der Waals surface area contributed by atoms with Gasteiger partial charge in [0, 0.05) is 6.04 Å². The number of likely N-dealkylation sites (N-methyl/N-ethyl adjacent to an activating group) is 1. The first-order chi connectivity index (χ1) is 7.90. The molecule has 1 rings (SSSR count). The van der Waals surface area contributed by atoms with Crippen molar-refractivity contribution in [2.75, 3.05) is 6.54 Å². The third-order valence-corrected chi connectivity index (χ3v) is 2.39. The summed E-state index contributed by atoms with van der Waals surface area (Å²) in [5.41, 5.74) is 0.776. The summed E-state index contributed by atoms with van der Waals surface area (Å²) < 4.78 is 36.9. The number of hydrogen-bond donors (Lipinski definition) is 2. The molecule has 0 amide bonds. The number of phenols is 1. The highest BCUT2D eigenvalue weighted by molar-refractivity contribution is 5.26. The number of aromatic hydroxyl groups is 1. The predicted molar refractivity (Wildman–Crippen MR) is 59.9 cm³/mol. The largest absolute Gasteiger partial charge is 0.508 e. The molecule has 17 heavy (non-hydrogen) atoms. The molecule has 0 radical (unpaired) electrons. The first-order valence-electron chi connectivity index (χ1n) is 5.48. The molecule has 96 valence electrons. The van der Waals surface area contributed by atoms with Crippen molar-refractivity contribution in [1.29, 1.82) is 0 Å². The number of nitrogens with one attached hydrogen (secondary N) is 1. The van der Waals surface area contributed by atoms with E-state index in [1.807, 2.05) is 0 Å². The smallest absolute Gasteiger partial charge is 0.390 e. The van der Waals surface area contributed by atoms with E-state index in [1.54, 1.807) is 19.1 Å². The van der Waals surface area contributed by atoms with Crippen molar-refractivity contribution in [3.05, 3.63) is 29.8 Å². The Labute approximate surface area is 98.5 Å². The van der Waals surface area contributed by atoms with Crippen LogP contribution in [-0.4, -0.2) is 23.9 Å². The van der Waals surface area contributed by atoms with Gasteiger partial charge in [-0.25, -0.2) is 0 Å². The van der Waals surface area contributed by atoms with E-state index < -0.39 is 18.6 Å². The Morgan fingerprint density at radius 3 is 2.29 bits per heavy atom. The zero-order valence-electron chi connectivity index (χ0n) is 9.59. The van der Waals surface area contributed by atoms with Gasteiger partial charge in [0.1, 0.15) is 5.75 Å². The number of phenolic OH excluding ortho intramolecular Hbond substituents is 1. The maximum absolute atomic E-state index is 12.3. The van der Waals surface area contributed by atoms with Gasteiger partial charge in [-0.05, 0) is 30.7 Å². The normalized spacial score (nSPS) is 13.6. The minimum absolute atomic E-state index is 0.115.